The second kappa shape index (κ2) is 5.66. The topological polar surface area (TPSA) is 50.3 Å². The summed E-state index contributed by atoms with van der Waals surface area (Å²) in [6, 6.07) is 11.4. The van der Waals surface area contributed by atoms with Crippen molar-refractivity contribution in [1.29, 1.82) is 0 Å². The minimum Gasteiger partial charge on any atom is -0.239 e. The predicted molar refractivity (Wildman–Crippen MR) is 94.5 cm³/mol. The summed E-state index contributed by atoms with van der Waals surface area (Å²) in [5.74, 6) is 0. The quantitative estimate of drug-likeness (QED) is 0.700. The van der Waals surface area contributed by atoms with Crippen LogP contribution >= 0.6 is 22.7 Å². The van der Waals surface area contributed by atoms with Gasteiger partial charge in [0.2, 0.25) is 0 Å². The number of fused-ring (bicyclic) bond motifs is 1. The van der Waals surface area contributed by atoms with Gasteiger partial charge in [-0.15, -0.1) is 22.7 Å². The van der Waals surface area contributed by atoms with Crippen LogP contribution < -0.4 is 0 Å². The molecule has 3 heterocycles. The van der Waals surface area contributed by atoms with Crippen molar-refractivity contribution in [2.75, 3.05) is 6.54 Å². The Hall–Kier alpha value is -1.28. The molecule has 0 N–H and O–H groups in total. The van der Waals surface area contributed by atoms with Gasteiger partial charge in [0.25, 0.3) is 10.0 Å². The van der Waals surface area contributed by atoms with Crippen molar-refractivity contribution < 1.29 is 8.42 Å². The molecule has 1 fully saturated rings. The molecule has 1 aliphatic rings. The number of thiophene rings is 1. The van der Waals surface area contributed by atoms with Gasteiger partial charge in [0.15, 0.2) is 0 Å². The van der Waals surface area contributed by atoms with E-state index in [1.807, 2.05) is 37.3 Å². The van der Waals surface area contributed by atoms with Gasteiger partial charge >= 0.3 is 0 Å². The van der Waals surface area contributed by atoms with Gasteiger partial charge < -0.3 is 0 Å². The van der Waals surface area contributed by atoms with Gasteiger partial charge in [-0.3, -0.25) is 0 Å². The van der Waals surface area contributed by atoms with Gasteiger partial charge in [0.1, 0.15) is 9.22 Å². The summed E-state index contributed by atoms with van der Waals surface area (Å²) in [6.07, 6.45) is 1.72. The molecule has 3 aromatic rings. The fourth-order valence-electron chi connectivity index (χ4n) is 2.97. The molecule has 0 spiro atoms. The average molecular weight is 365 g/mol. The van der Waals surface area contributed by atoms with Crippen molar-refractivity contribution in [2.45, 2.75) is 30.0 Å². The molecule has 0 radical (unpaired) electrons. The number of aromatic nitrogens is 1. The Labute approximate surface area is 143 Å². The summed E-state index contributed by atoms with van der Waals surface area (Å²) >= 11 is 2.94. The first-order chi connectivity index (χ1) is 11.1. The fraction of sp³-hybridized carbons (Fsp3) is 0.312. The van der Waals surface area contributed by atoms with Crippen LogP contribution in [0.4, 0.5) is 0 Å². The second-order valence-electron chi connectivity index (χ2n) is 5.66. The number of rotatable bonds is 3. The summed E-state index contributed by atoms with van der Waals surface area (Å²) in [4.78, 5) is 5.69. The molecule has 2 aromatic heterocycles. The fourth-order valence-corrected chi connectivity index (χ4v) is 7.23. The normalized spacial score (nSPS) is 19.6. The molecular weight excluding hydrogens is 348 g/mol. The summed E-state index contributed by atoms with van der Waals surface area (Å²) in [5.41, 5.74) is 0.948. The molecule has 1 saturated heterocycles. The Morgan fingerprint density at radius 2 is 2.00 bits per heavy atom. The molecule has 23 heavy (non-hydrogen) atoms. The zero-order valence-electron chi connectivity index (χ0n) is 12.6. The van der Waals surface area contributed by atoms with Crippen molar-refractivity contribution in [2.24, 2.45) is 0 Å². The highest BCUT2D eigenvalue weighted by Gasteiger charge is 2.38. The van der Waals surface area contributed by atoms with Crippen molar-refractivity contribution in [3.63, 3.8) is 0 Å². The van der Waals surface area contributed by atoms with Crippen molar-refractivity contribution in [3.05, 3.63) is 46.3 Å². The zero-order valence-corrected chi connectivity index (χ0v) is 15.0. The molecule has 0 amide bonds. The van der Waals surface area contributed by atoms with E-state index in [9.17, 15) is 8.42 Å². The Kier molecular flexibility index (Phi) is 3.76. The summed E-state index contributed by atoms with van der Waals surface area (Å²) in [7, 11) is -3.43. The molecule has 1 aromatic carbocycles. The highest BCUT2D eigenvalue weighted by molar-refractivity contribution is 7.91. The van der Waals surface area contributed by atoms with Gasteiger partial charge in [-0.25, -0.2) is 13.4 Å². The van der Waals surface area contributed by atoms with Crippen LogP contribution in [0, 0.1) is 6.92 Å². The predicted octanol–water partition coefficient (Wildman–Crippen LogP) is 4.19. The molecule has 0 saturated carbocycles. The molecule has 120 valence electrons. The van der Waals surface area contributed by atoms with Gasteiger partial charge in [-0.05, 0) is 44.0 Å². The molecule has 1 aliphatic heterocycles. The third-order valence-corrected chi connectivity index (χ3v) is 8.59. The molecule has 4 rings (SSSR count). The highest BCUT2D eigenvalue weighted by Crippen LogP contribution is 2.40. The molecule has 0 aliphatic carbocycles. The lowest BCUT2D eigenvalue weighted by molar-refractivity contribution is 0.397. The average Bonchev–Trinajstić information content (AvgIpc) is 3.25. The summed E-state index contributed by atoms with van der Waals surface area (Å²) in [5, 5.41) is 0.903. The Balaban J connectivity index is 1.74. The Morgan fingerprint density at radius 3 is 2.74 bits per heavy atom. The number of thiazole rings is 1. The first-order valence-electron chi connectivity index (χ1n) is 7.49. The van der Waals surface area contributed by atoms with E-state index in [0.717, 1.165) is 32.9 Å². The highest BCUT2D eigenvalue weighted by atomic mass is 32.2. The van der Waals surface area contributed by atoms with E-state index in [2.05, 4.69) is 4.98 Å². The number of sulfonamides is 1. The van der Waals surface area contributed by atoms with E-state index in [-0.39, 0.29) is 6.04 Å². The molecule has 0 bridgehead atoms. The summed E-state index contributed by atoms with van der Waals surface area (Å²) < 4.78 is 29.1. The van der Waals surface area contributed by atoms with Crippen molar-refractivity contribution >= 4 is 42.9 Å². The maximum Gasteiger partial charge on any atom is 0.253 e. The third-order valence-electron chi connectivity index (χ3n) is 4.08. The van der Waals surface area contributed by atoms with Gasteiger partial charge in [0.05, 0.1) is 16.3 Å². The lowest BCUT2D eigenvalue weighted by Gasteiger charge is -2.21. The summed E-state index contributed by atoms with van der Waals surface area (Å²) in [6.45, 7) is 2.50. The Morgan fingerprint density at radius 1 is 1.17 bits per heavy atom. The van der Waals surface area contributed by atoms with Crippen LogP contribution in [0.2, 0.25) is 0 Å². The van der Waals surface area contributed by atoms with E-state index < -0.39 is 10.0 Å². The van der Waals surface area contributed by atoms with E-state index in [0.29, 0.717) is 10.8 Å². The van der Waals surface area contributed by atoms with Gasteiger partial charge in [-0.2, -0.15) is 4.31 Å². The van der Waals surface area contributed by atoms with Crippen molar-refractivity contribution in [3.8, 4) is 0 Å². The largest absolute Gasteiger partial charge is 0.253 e. The molecule has 4 nitrogen and oxygen atoms in total. The Bertz CT molecular complexity index is 926. The smallest absolute Gasteiger partial charge is 0.239 e. The maximum atomic E-state index is 13.0. The number of nitrogens with zero attached hydrogens (tertiary/aromatic N) is 2. The van der Waals surface area contributed by atoms with E-state index in [1.54, 1.807) is 21.7 Å². The number of hydrogen-bond donors (Lipinski definition) is 0. The number of benzene rings is 1. The van der Waals surface area contributed by atoms with E-state index in [1.165, 1.54) is 11.3 Å². The minimum atomic E-state index is -3.43. The van der Waals surface area contributed by atoms with Crippen LogP contribution in [0.15, 0.2) is 40.6 Å². The lowest BCUT2D eigenvalue weighted by Crippen LogP contribution is -2.30. The first kappa shape index (κ1) is 15.3. The van der Waals surface area contributed by atoms with Crippen LogP contribution in [-0.2, 0) is 10.0 Å². The molecule has 0 unspecified atom stereocenters. The maximum absolute atomic E-state index is 13.0. The standard InChI is InChI=1S/C16H16N2O2S3/c1-11-8-9-15(21-11)23(19,20)18-10-4-6-13(18)16-17-12-5-2-3-7-14(12)22-16/h2-3,5,7-9,13H,4,6,10H2,1H3/t13-/m0/s1. The monoisotopic (exact) mass is 364 g/mol. The minimum absolute atomic E-state index is 0.139. The third kappa shape index (κ3) is 2.61. The molecular formula is C16H16N2O2S3. The zero-order chi connectivity index (χ0) is 16.0. The number of aryl methyl sites for hydroxylation is 1. The number of hydrogen-bond acceptors (Lipinski definition) is 5. The van der Waals surface area contributed by atoms with Crippen LogP contribution in [-0.4, -0.2) is 24.3 Å². The van der Waals surface area contributed by atoms with Crippen LogP contribution in [0.5, 0.6) is 0 Å². The van der Waals surface area contributed by atoms with Gasteiger partial charge in [-0.1, -0.05) is 12.1 Å². The van der Waals surface area contributed by atoms with Gasteiger partial charge in [0, 0.05) is 11.4 Å². The molecule has 7 heteroatoms. The van der Waals surface area contributed by atoms with Crippen molar-refractivity contribution in [1.82, 2.24) is 9.29 Å². The number of para-hydroxylation sites is 1. The lowest BCUT2D eigenvalue weighted by atomic mass is 10.2. The van der Waals surface area contributed by atoms with E-state index in [4.69, 9.17) is 0 Å². The van der Waals surface area contributed by atoms with Crippen LogP contribution in [0.1, 0.15) is 28.8 Å². The SMILES string of the molecule is Cc1ccc(S(=O)(=O)N2CCC[C@H]2c2nc3ccccc3s2)s1. The van der Waals surface area contributed by atoms with Crippen LogP contribution in [0.25, 0.3) is 10.2 Å². The molecule has 1 atom stereocenters. The van der Waals surface area contributed by atoms with E-state index >= 15 is 0 Å². The second-order valence-corrected chi connectivity index (χ2v) is 10.1. The first-order valence-corrected chi connectivity index (χ1v) is 10.6. The van der Waals surface area contributed by atoms with Crippen LogP contribution in [0.3, 0.4) is 0 Å².